The second-order valence-corrected chi connectivity index (χ2v) is 3.52. The van der Waals surface area contributed by atoms with Gasteiger partial charge < -0.3 is 4.90 Å². The molecule has 1 aliphatic rings. The fourth-order valence-corrected chi connectivity index (χ4v) is 1.74. The van der Waals surface area contributed by atoms with Crippen molar-refractivity contribution >= 4 is 11.7 Å². The minimum Gasteiger partial charge on any atom is -0.333 e. The Labute approximate surface area is 72.7 Å². The average molecular weight is 169 g/mol. The van der Waals surface area contributed by atoms with E-state index in [2.05, 4.69) is 0 Å². The van der Waals surface area contributed by atoms with Gasteiger partial charge in [0.05, 0.1) is 0 Å². The highest BCUT2D eigenvalue weighted by molar-refractivity contribution is 5.91. The van der Waals surface area contributed by atoms with Crippen molar-refractivity contribution in [1.82, 2.24) is 4.90 Å². The van der Waals surface area contributed by atoms with Crippen LogP contribution in [0.3, 0.4) is 0 Å². The van der Waals surface area contributed by atoms with Crippen LogP contribution in [0, 0.1) is 0 Å². The van der Waals surface area contributed by atoms with Crippen LogP contribution in [-0.2, 0) is 9.59 Å². The molecule has 1 amide bonds. The molecule has 12 heavy (non-hydrogen) atoms. The van der Waals surface area contributed by atoms with Crippen molar-refractivity contribution in [3.05, 3.63) is 0 Å². The van der Waals surface area contributed by atoms with Crippen LogP contribution in [0.2, 0.25) is 0 Å². The summed E-state index contributed by atoms with van der Waals surface area (Å²) in [5.41, 5.74) is -0.453. The predicted octanol–water partition coefficient (Wildman–Crippen LogP) is 0.976. The lowest BCUT2D eigenvalue weighted by Gasteiger charge is -2.46. The maximum absolute atomic E-state index is 11.3. The van der Waals surface area contributed by atoms with Crippen molar-refractivity contribution in [2.24, 2.45) is 0 Å². The zero-order valence-electron chi connectivity index (χ0n) is 7.89. The number of ketones is 1. The molecule has 0 aliphatic heterocycles. The number of hydrogen-bond acceptors (Lipinski definition) is 2. The Morgan fingerprint density at radius 3 is 1.83 bits per heavy atom. The molecule has 0 aromatic heterocycles. The Morgan fingerprint density at radius 1 is 1.25 bits per heavy atom. The number of Topliss-reactive ketones (excluding diaryl/α,β-unsaturated/α-hetero) is 1. The third-order valence-corrected chi connectivity index (χ3v) is 2.95. The van der Waals surface area contributed by atoms with Crippen LogP contribution >= 0.6 is 0 Å². The molecular weight excluding hydrogens is 154 g/mol. The number of hydrogen-bond donors (Lipinski definition) is 0. The van der Waals surface area contributed by atoms with E-state index in [0.717, 1.165) is 19.3 Å². The molecule has 0 saturated heterocycles. The molecule has 0 bridgehead atoms. The summed E-state index contributed by atoms with van der Waals surface area (Å²) in [7, 11) is 1.71. The van der Waals surface area contributed by atoms with Crippen LogP contribution in [-0.4, -0.2) is 29.2 Å². The number of likely N-dealkylation sites (N-methyl/N-ethyl adjacent to an activating group) is 1. The summed E-state index contributed by atoms with van der Waals surface area (Å²) in [4.78, 5) is 23.9. The van der Waals surface area contributed by atoms with Crippen LogP contribution < -0.4 is 0 Å². The molecule has 3 heteroatoms. The molecule has 0 aromatic rings. The van der Waals surface area contributed by atoms with E-state index < -0.39 is 5.54 Å². The van der Waals surface area contributed by atoms with Crippen molar-refractivity contribution in [1.29, 1.82) is 0 Å². The highest BCUT2D eigenvalue weighted by atomic mass is 16.2. The third kappa shape index (κ3) is 1.13. The SMILES string of the molecule is CC(=O)N(C)C1(C(C)=O)CCC1. The molecule has 1 saturated carbocycles. The molecule has 0 atom stereocenters. The number of carbonyl (C=O) groups is 2. The van der Waals surface area contributed by atoms with Gasteiger partial charge in [0, 0.05) is 14.0 Å². The van der Waals surface area contributed by atoms with Crippen LogP contribution in [0.1, 0.15) is 33.1 Å². The Morgan fingerprint density at radius 2 is 1.75 bits per heavy atom. The molecule has 0 N–H and O–H groups in total. The van der Waals surface area contributed by atoms with Crippen LogP contribution in [0.5, 0.6) is 0 Å². The number of rotatable bonds is 2. The lowest BCUT2D eigenvalue weighted by atomic mass is 9.73. The van der Waals surface area contributed by atoms with E-state index >= 15 is 0 Å². The molecule has 1 rings (SSSR count). The van der Waals surface area contributed by atoms with Gasteiger partial charge in [0.2, 0.25) is 5.91 Å². The minimum absolute atomic E-state index is 0.0232. The van der Waals surface area contributed by atoms with E-state index in [0.29, 0.717) is 0 Å². The van der Waals surface area contributed by atoms with Crippen LogP contribution in [0.4, 0.5) is 0 Å². The number of carbonyl (C=O) groups excluding carboxylic acids is 2. The fourth-order valence-electron chi connectivity index (χ4n) is 1.74. The van der Waals surface area contributed by atoms with E-state index in [1.54, 1.807) is 18.9 Å². The minimum atomic E-state index is -0.453. The van der Waals surface area contributed by atoms with Gasteiger partial charge >= 0.3 is 0 Å². The van der Waals surface area contributed by atoms with Crippen LogP contribution in [0.15, 0.2) is 0 Å². The molecule has 0 unspecified atom stereocenters. The van der Waals surface area contributed by atoms with Gasteiger partial charge in [-0.25, -0.2) is 0 Å². The van der Waals surface area contributed by atoms with Gasteiger partial charge in [0.25, 0.3) is 0 Å². The summed E-state index contributed by atoms with van der Waals surface area (Å²) in [6.07, 6.45) is 2.72. The van der Waals surface area contributed by atoms with Gasteiger partial charge in [0.15, 0.2) is 5.78 Å². The maximum Gasteiger partial charge on any atom is 0.220 e. The molecular formula is C9H15NO2. The standard InChI is InChI=1S/C9H15NO2/c1-7(11)9(5-4-6-9)10(3)8(2)12/h4-6H2,1-3H3. The van der Waals surface area contributed by atoms with Crippen LogP contribution in [0.25, 0.3) is 0 Å². The summed E-state index contributed by atoms with van der Waals surface area (Å²) >= 11 is 0. The first-order valence-electron chi connectivity index (χ1n) is 4.26. The largest absolute Gasteiger partial charge is 0.333 e. The zero-order valence-corrected chi connectivity index (χ0v) is 7.89. The van der Waals surface area contributed by atoms with E-state index in [1.165, 1.54) is 6.92 Å². The maximum atomic E-state index is 11.3. The van der Waals surface area contributed by atoms with E-state index in [9.17, 15) is 9.59 Å². The van der Waals surface area contributed by atoms with Gasteiger partial charge in [-0.1, -0.05) is 0 Å². The topological polar surface area (TPSA) is 37.4 Å². The Kier molecular flexibility index (Phi) is 2.22. The molecule has 0 heterocycles. The smallest absolute Gasteiger partial charge is 0.220 e. The Bertz CT molecular complexity index is 219. The third-order valence-electron chi connectivity index (χ3n) is 2.95. The lowest BCUT2D eigenvalue weighted by molar-refractivity contribution is -0.147. The van der Waals surface area contributed by atoms with Gasteiger partial charge in [-0.15, -0.1) is 0 Å². The average Bonchev–Trinajstić information content (AvgIpc) is 1.83. The summed E-state index contributed by atoms with van der Waals surface area (Å²) in [6, 6.07) is 0. The molecule has 1 aliphatic carbocycles. The first-order chi connectivity index (χ1) is 5.50. The Balaban J connectivity index is 2.80. The van der Waals surface area contributed by atoms with Gasteiger partial charge in [-0.2, -0.15) is 0 Å². The lowest BCUT2D eigenvalue weighted by Crippen LogP contribution is -2.58. The van der Waals surface area contributed by atoms with Crippen molar-refractivity contribution in [2.75, 3.05) is 7.05 Å². The first kappa shape index (κ1) is 9.23. The van der Waals surface area contributed by atoms with E-state index in [1.807, 2.05) is 0 Å². The molecule has 0 radical (unpaired) electrons. The summed E-state index contributed by atoms with van der Waals surface area (Å²) in [6.45, 7) is 3.07. The number of nitrogens with zero attached hydrogens (tertiary/aromatic N) is 1. The van der Waals surface area contributed by atoms with Crippen molar-refractivity contribution in [2.45, 2.75) is 38.6 Å². The summed E-state index contributed by atoms with van der Waals surface area (Å²) in [5.74, 6) is 0.0938. The first-order valence-corrected chi connectivity index (χ1v) is 4.26. The van der Waals surface area contributed by atoms with Crippen molar-refractivity contribution in [3.8, 4) is 0 Å². The summed E-state index contributed by atoms with van der Waals surface area (Å²) < 4.78 is 0. The van der Waals surface area contributed by atoms with Gasteiger partial charge in [-0.05, 0) is 26.2 Å². The molecule has 68 valence electrons. The van der Waals surface area contributed by atoms with E-state index in [-0.39, 0.29) is 11.7 Å². The molecule has 3 nitrogen and oxygen atoms in total. The monoisotopic (exact) mass is 169 g/mol. The normalized spacial score (nSPS) is 19.6. The highest BCUT2D eigenvalue weighted by Crippen LogP contribution is 2.37. The molecule has 0 spiro atoms. The summed E-state index contributed by atoms with van der Waals surface area (Å²) in [5, 5.41) is 0. The molecule has 1 fully saturated rings. The second kappa shape index (κ2) is 2.88. The second-order valence-electron chi connectivity index (χ2n) is 3.52. The van der Waals surface area contributed by atoms with Crippen molar-refractivity contribution < 1.29 is 9.59 Å². The fraction of sp³-hybridized carbons (Fsp3) is 0.778. The predicted molar refractivity (Wildman–Crippen MR) is 45.7 cm³/mol. The molecule has 0 aromatic carbocycles. The zero-order chi connectivity index (χ0) is 9.35. The number of amides is 1. The Hall–Kier alpha value is -0.860. The van der Waals surface area contributed by atoms with E-state index in [4.69, 9.17) is 0 Å². The quantitative estimate of drug-likeness (QED) is 0.618. The van der Waals surface area contributed by atoms with Gasteiger partial charge in [-0.3, -0.25) is 9.59 Å². The highest BCUT2D eigenvalue weighted by Gasteiger charge is 2.46. The van der Waals surface area contributed by atoms with Crippen molar-refractivity contribution in [3.63, 3.8) is 0 Å². The van der Waals surface area contributed by atoms with Gasteiger partial charge in [0.1, 0.15) is 5.54 Å².